The van der Waals surface area contributed by atoms with Crippen LogP contribution in [-0.4, -0.2) is 9.55 Å². The number of hydrogen-bond acceptors (Lipinski definition) is 1. The minimum absolute atomic E-state index is 0.384. The van der Waals surface area contributed by atoms with E-state index in [0.717, 1.165) is 23.4 Å². The highest BCUT2D eigenvalue weighted by Gasteiger charge is 2.51. The van der Waals surface area contributed by atoms with E-state index in [2.05, 4.69) is 175 Å². The van der Waals surface area contributed by atoms with Crippen LogP contribution >= 0.6 is 0 Å². The second kappa shape index (κ2) is 10.1. The van der Waals surface area contributed by atoms with Crippen molar-refractivity contribution in [2.24, 2.45) is 0 Å². The average Bonchev–Trinajstić information content (AvgIpc) is 3.79. The summed E-state index contributed by atoms with van der Waals surface area (Å²) in [7, 11) is 0. The van der Waals surface area contributed by atoms with E-state index in [9.17, 15) is 0 Å². The van der Waals surface area contributed by atoms with Crippen LogP contribution in [-0.2, 0) is 12.0 Å². The number of aromatic nitrogens is 2. The molecule has 2 aliphatic rings. The quantitative estimate of drug-likeness (QED) is 0.189. The van der Waals surface area contributed by atoms with Gasteiger partial charge in [0.05, 0.1) is 16.4 Å². The molecule has 9 aromatic rings. The van der Waals surface area contributed by atoms with Crippen LogP contribution in [0.1, 0.15) is 29.2 Å². The molecule has 0 fully saturated rings. The molecule has 0 N–H and O–H groups in total. The lowest BCUT2D eigenvalue weighted by atomic mass is 9.70. The zero-order chi connectivity index (χ0) is 33.0. The summed E-state index contributed by atoms with van der Waals surface area (Å²) in [6, 6.07) is 61.0. The van der Waals surface area contributed by atoms with Crippen molar-refractivity contribution in [3.63, 3.8) is 0 Å². The molecule has 2 aliphatic carbocycles. The van der Waals surface area contributed by atoms with E-state index < -0.39 is 0 Å². The van der Waals surface area contributed by atoms with E-state index >= 15 is 0 Å². The van der Waals surface area contributed by atoms with Crippen LogP contribution in [0.3, 0.4) is 0 Å². The summed E-state index contributed by atoms with van der Waals surface area (Å²) in [5, 5.41) is 5.07. The topological polar surface area (TPSA) is 17.8 Å². The highest BCUT2D eigenvalue weighted by Crippen LogP contribution is 2.63. The molecule has 0 atom stereocenters. The molecule has 0 saturated heterocycles. The maximum absolute atomic E-state index is 5.06. The Morgan fingerprint density at radius 3 is 1.76 bits per heavy atom. The molecule has 2 nitrogen and oxygen atoms in total. The fourth-order valence-electron chi connectivity index (χ4n) is 9.20. The van der Waals surface area contributed by atoms with Crippen molar-refractivity contribution in [2.75, 3.05) is 0 Å². The number of aryl methyl sites for hydroxylation is 1. The van der Waals surface area contributed by atoms with Gasteiger partial charge < -0.3 is 4.57 Å². The lowest BCUT2D eigenvalue weighted by Gasteiger charge is -2.30. The van der Waals surface area contributed by atoms with E-state index in [1.807, 2.05) is 0 Å². The molecular weight excluding hydrogens is 605 g/mol. The third-order valence-electron chi connectivity index (χ3n) is 11.3. The Morgan fingerprint density at radius 2 is 1.02 bits per heavy atom. The van der Waals surface area contributed by atoms with Crippen molar-refractivity contribution >= 4 is 32.6 Å². The number of imidazole rings is 1. The van der Waals surface area contributed by atoms with Crippen molar-refractivity contribution in [3.8, 4) is 44.8 Å². The van der Waals surface area contributed by atoms with Gasteiger partial charge in [0.15, 0.2) is 0 Å². The van der Waals surface area contributed by atoms with Crippen LogP contribution in [0, 0.1) is 0 Å². The molecule has 11 rings (SSSR count). The van der Waals surface area contributed by atoms with Crippen molar-refractivity contribution < 1.29 is 0 Å². The minimum atomic E-state index is -0.384. The van der Waals surface area contributed by atoms with Crippen molar-refractivity contribution in [2.45, 2.75) is 18.9 Å². The standard InChI is InChI=1S/C48H32N2/c1-2-50-46-21-10-9-20-45(46)49-47(50)35-15-11-14-30(24-35)33-22-23-34-27-40-39-26-31-12-3-4-13-32(31)28-43(39)48(44(40)29-36(34)25-33)41-18-7-5-16-37(41)38-17-6-8-19-42(38)48/h3-29H,2H2,1H3. The Balaban J connectivity index is 1.14. The van der Waals surface area contributed by atoms with Gasteiger partial charge in [0.2, 0.25) is 0 Å². The van der Waals surface area contributed by atoms with Gasteiger partial charge in [-0.25, -0.2) is 4.98 Å². The zero-order valence-electron chi connectivity index (χ0n) is 27.7. The third-order valence-corrected chi connectivity index (χ3v) is 11.3. The smallest absolute Gasteiger partial charge is 0.141 e. The Bertz CT molecular complexity index is 2830. The Morgan fingerprint density at radius 1 is 0.440 bits per heavy atom. The highest BCUT2D eigenvalue weighted by atomic mass is 15.1. The van der Waals surface area contributed by atoms with Gasteiger partial charge in [0, 0.05) is 12.1 Å². The number of nitrogens with zero attached hydrogens (tertiary/aromatic N) is 2. The number of para-hydroxylation sites is 2. The normalized spacial score (nSPS) is 13.5. The molecule has 50 heavy (non-hydrogen) atoms. The van der Waals surface area contributed by atoms with Gasteiger partial charge in [0.25, 0.3) is 0 Å². The van der Waals surface area contributed by atoms with Crippen molar-refractivity contribution in [1.29, 1.82) is 0 Å². The second-order valence-electron chi connectivity index (χ2n) is 13.8. The largest absolute Gasteiger partial charge is 0.324 e. The predicted molar refractivity (Wildman–Crippen MR) is 208 cm³/mol. The molecule has 0 amide bonds. The molecule has 0 unspecified atom stereocenters. The number of hydrogen-bond donors (Lipinski definition) is 0. The lowest BCUT2D eigenvalue weighted by molar-refractivity contribution is 0.796. The molecule has 8 aromatic carbocycles. The first-order chi connectivity index (χ1) is 24.7. The summed E-state index contributed by atoms with van der Waals surface area (Å²) in [5.74, 6) is 1.01. The molecule has 234 valence electrons. The molecule has 0 saturated carbocycles. The third kappa shape index (κ3) is 3.60. The molecule has 0 aliphatic heterocycles. The summed E-state index contributed by atoms with van der Waals surface area (Å²) in [6.45, 7) is 3.06. The number of fused-ring (bicyclic) bond motifs is 13. The van der Waals surface area contributed by atoms with Crippen LogP contribution in [0.15, 0.2) is 164 Å². The number of benzene rings is 8. The molecule has 0 bridgehead atoms. The van der Waals surface area contributed by atoms with Gasteiger partial charge in [-0.2, -0.15) is 0 Å². The highest BCUT2D eigenvalue weighted by molar-refractivity contribution is 6.03. The molecule has 1 spiro atoms. The minimum Gasteiger partial charge on any atom is -0.324 e. The van der Waals surface area contributed by atoms with Gasteiger partial charge in [-0.1, -0.05) is 115 Å². The monoisotopic (exact) mass is 636 g/mol. The van der Waals surface area contributed by atoms with Crippen LogP contribution in [0.2, 0.25) is 0 Å². The van der Waals surface area contributed by atoms with E-state index in [1.54, 1.807) is 0 Å². The van der Waals surface area contributed by atoms with Gasteiger partial charge in [-0.05, 0) is 133 Å². The molecule has 1 aromatic heterocycles. The van der Waals surface area contributed by atoms with E-state index in [-0.39, 0.29) is 5.41 Å². The predicted octanol–water partition coefficient (Wildman–Crippen LogP) is 12.0. The fraction of sp³-hybridized carbons (Fsp3) is 0.0625. The summed E-state index contributed by atoms with van der Waals surface area (Å²) in [4.78, 5) is 5.06. The second-order valence-corrected chi connectivity index (χ2v) is 13.8. The SMILES string of the molecule is CCn1c(-c2cccc(-c3ccc4cc5c(cc4c3)C3(c4ccccc4-c4ccccc43)c3cc4ccccc4cc3-5)c2)nc2ccccc21. The first-order valence-electron chi connectivity index (χ1n) is 17.6. The average molecular weight is 637 g/mol. The molecule has 1 heterocycles. The Kier molecular flexibility index (Phi) is 5.61. The maximum Gasteiger partial charge on any atom is 0.141 e. The van der Waals surface area contributed by atoms with E-state index in [0.29, 0.717) is 0 Å². The first-order valence-corrected chi connectivity index (χ1v) is 17.6. The fourth-order valence-corrected chi connectivity index (χ4v) is 9.20. The van der Waals surface area contributed by atoms with Crippen molar-refractivity contribution in [3.05, 3.63) is 186 Å². The van der Waals surface area contributed by atoms with Crippen LogP contribution in [0.25, 0.3) is 77.3 Å². The Hall–Kier alpha value is -6.25. The number of rotatable bonds is 3. The first kappa shape index (κ1) is 27.7. The van der Waals surface area contributed by atoms with Crippen LogP contribution in [0.5, 0.6) is 0 Å². The molecule has 0 radical (unpaired) electrons. The van der Waals surface area contributed by atoms with E-state index in [1.165, 1.54) is 82.7 Å². The molecular formula is C48H32N2. The summed E-state index contributed by atoms with van der Waals surface area (Å²) in [6.07, 6.45) is 0. The van der Waals surface area contributed by atoms with Crippen LogP contribution in [0.4, 0.5) is 0 Å². The molecule has 2 heteroatoms. The van der Waals surface area contributed by atoms with Gasteiger partial charge in [-0.15, -0.1) is 0 Å². The summed E-state index contributed by atoms with van der Waals surface area (Å²) in [5.41, 5.74) is 16.2. The van der Waals surface area contributed by atoms with Gasteiger partial charge in [0.1, 0.15) is 5.82 Å². The Labute approximate surface area is 290 Å². The summed E-state index contributed by atoms with van der Waals surface area (Å²) >= 11 is 0. The lowest BCUT2D eigenvalue weighted by Crippen LogP contribution is -2.25. The summed E-state index contributed by atoms with van der Waals surface area (Å²) < 4.78 is 2.32. The van der Waals surface area contributed by atoms with Crippen molar-refractivity contribution in [1.82, 2.24) is 9.55 Å². The maximum atomic E-state index is 5.06. The van der Waals surface area contributed by atoms with Gasteiger partial charge in [-0.3, -0.25) is 0 Å². The van der Waals surface area contributed by atoms with E-state index in [4.69, 9.17) is 4.98 Å². The van der Waals surface area contributed by atoms with Crippen LogP contribution < -0.4 is 0 Å². The van der Waals surface area contributed by atoms with Gasteiger partial charge >= 0.3 is 0 Å². The zero-order valence-corrected chi connectivity index (χ0v) is 27.7.